The van der Waals surface area contributed by atoms with E-state index in [0.717, 1.165) is 17.5 Å². The summed E-state index contributed by atoms with van der Waals surface area (Å²) in [6.45, 7) is 8.01. The summed E-state index contributed by atoms with van der Waals surface area (Å²) in [7, 11) is 0. The van der Waals surface area contributed by atoms with Crippen LogP contribution in [0, 0.1) is 12.8 Å². The maximum absolute atomic E-state index is 12.5. The van der Waals surface area contributed by atoms with Crippen LogP contribution in [0.3, 0.4) is 0 Å². The van der Waals surface area contributed by atoms with E-state index in [9.17, 15) is 14.7 Å². The van der Waals surface area contributed by atoms with Crippen molar-refractivity contribution in [3.8, 4) is 0 Å². The lowest BCUT2D eigenvalue weighted by molar-refractivity contribution is -0.129. The van der Waals surface area contributed by atoms with Crippen LogP contribution in [-0.2, 0) is 9.59 Å². The molecule has 1 aliphatic rings. The molecule has 0 saturated heterocycles. The summed E-state index contributed by atoms with van der Waals surface area (Å²) in [5, 5.41) is 10.2. The monoisotopic (exact) mass is 301 g/mol. The van der Waals surface area contributed by atoms with Gasteiger partial charge in [0.2, 0.25) is 0 Å². The zero-order valence-electron chi connectivity index (χ0n) is 13.6. The van der Waals surface area contributed by atoms with Crippen LogP contribution < -0.4 is 0 Å². The second-order valence-electron chi connectivity index (χ2n) is 6.10. The van der Waals surface area contributed by atoms with Crippen molar-refractivity contribution in [1.29, 1.82) is 0 Å². The van der Waals surface area contributed by atoms with Crippen LogP contribution in [0.25, 0.3) is 0 Å². The first-order valence-electron chi connectivity index (χ1n) is 7.73. The summed E-state index contributed by atoms with van der Waals surface area (Å²) in [4.78, 5) is 26.5. The minimum atomic E-state index is -0.484. The minimum Gasteiger partial charge on any atom is -0.503 e. The quantitative estimate of drug-likeness (QED) is 0.907. The Hall–Kier alpha value is -2.10. The van der Waals surface area contributed by atoms with E-state index in [0.29, 0.717) is 6.54 Å². The number of carbonyl (C=O) groups is 2. The van der Waals surface area contributed by atoms with Gasteiger partial charge < -0.3 is 10.0 Å². The first kappa shape index (κ1) is 16.3. The van der Waals surface area contributed by atoms with Crippen molar-refractivity contribution in [2.75, 3.05) is 6.54 Å². The Bertz CT molecular complexity index is 631. The molecule has 1 heterocycles. The fraction of sp³-hybridized carbons (Fsp3) is 0.444. The number of benzene rings is 1. The summed E-state index contributed by atoms with van der Waals surface area (Å²) in [5.74, 6) is -1.27. The van der Waals surface area contributed by atoms with Crippen molar-refractivity contribution in [1.82, 2.24) is 4.90 Å². The molecule has 2 rings (SSSR count). The van der Waals surface area contributed by atoms with Crippen LogP contribution in [0.1, 0.15) is 44.4 Å². The third-order valence-electron chi connectivity index (χ3n) is 3.92. The van der Waals surface area contributed by atoms with Gasteiger partial charge in [-0.2, -0.15) is 0 Å². The molecule has 0 spiro atoms. The predicted octanol–water partition coefficient (Wildman–Crippen LogP) is 3.33. The zero-order chi connectivity index (χ0) is 16.4. The lowest BCUT2D eigenvalue weighted by Gasteiger charge is -2.27. The van der Waals surface area contributed by atoms with Gasteiger partial charge >= 0.3 is 0 Å². The summed E-state index contributed by atoms with van der Waals surface area (Å²) in [6, 6.07) is 7.26. The Labute approximate surface area is 131 Å². The Kier molecular flexibility index (Phi) is 4.69. The molecular weight excluding hydrogens is 278 g/mol. The van der Waals surface area contributed by atoms with Crippen molar-refractivity contribution in [2.45, 2.75) is 40.2 Å². The first-order chi connectivity index (χ1) is 10.4. The molecule has 1 aromatic rings. The predicted molar refractivity (Wildman–Crippen MR) is 85.4 cm³/mol. The Morgan fingerprint density at radius 2 is 2.05 bits per heavy atom. The summed E-state index contributed by atoms with van der Waals surface area (Å²) in [5.41, 5.74) is 2.16. The van der Waals surface area contributed by atoms with Gasteiger partial charge in [0, 0.05) is 12.5 Å². The third kappa shape index (κ3) is 2.78. The van der Waals surface area contributed by atoms with Gasteiger partial charge in [0.25, 0.3) is 5.91 Å². The average molecular weight is 301 g/mol. The average Bonchev–Trinajstić information content (AvgIpc) is 2.71. The van der Waals surface area contributed by atoms with Gasteiger partial charge in [0.1, 0.15) is 0 Å². The van der Waals surface area contributed by atoms with Gasteiger partial charge in [-0.25, -0.2) is 0 Å². The maximum atomic E-state index is 12.5. The standard InChI is InChI=1S/C18H23NO3/c1-5-9-19-15(13-8-6-7-12(4)10-13)14(16(20)11(2)3)17(21)18(19)22/h6-8,10-11,15,21H,5,9H2,1-4H3. The van der Waals surface area contributed by atoms with E-state index in [2.05, 4.69) is 0 Å². The number of rotatable bonds is 5. The van der Waals surface area contributed by atoms with Crippen molar-refractivity contribution in [3.05, 3.63) is 46.7 Å². The molecule has 1 aliphatic heterocycles. The number of amides is 1. The maximum Gasteiger partial charge on any atom is 0.290 e. The molecule has 0 aliphatic carbocycles. The van der Waals surface area contributed by atoms with Crippen LogP contribution in [0.5, 0.6) is 0 Å². The molecule has 1 unspecified atom stereocenters. The van der Waals surface area contributed by atoms with Crippen LogP contribution in [0.15, 0.2) is 35.6 Å². The number of aliphatic hydroxyl groups is 1. The molecule has 4 heteroatoms. The van der Waals surface area contributed by atoms with Crippen LogP contribution in [-0.4, -0.2) is 28.2 Å². The minimum absolute atomic E-state index is 0.170. The van der Waals surface area contributed by atoms with Crippen LogP contribution in [0.4, 0.5) is 0 Å². The molecule has 0 aromatic heterocycles. The molecule has 1 aromatic carbocycles. The highest BCUT2D eigenvalue weighted by Crippen LogP contribution is 2.39. The lowest BCUT2D eigenvalue weighted by Crippen LogP contribution is -2.32. The van der Waals surface area contributed by atoms with Gasteiger partial charge in [0.15, 0.2) is 11.5 Å². The van der Waals surface area contributed by atoms with E-state index in [1.165, 1.54) is 0 Å². The highest BCUT2D eigenvalue weighted by Gasteiger charge is 2.43. The first-order valence-corrected chi connectivity index (χ1v) is 7.73. The molecule has 22 heavy (non-hydrogen) atoms. The Morgan fingerprint density at radius 3 is 2.59 bits per heavy atom. The number of hydrogen-bond donors (Lipinski definition) is 1. The molecule has 118 valence electrons. The summed E-state index contributed by atoms with van der Waals surface area (Å²) in [6.07, 6.45) is 0.768. The smallest absolute Gasteiger partial charge is 0.290 e. The van der Waals surface area contributed by atoms with Gasteiger partial charge in [-0.1, -0.05) is 50.6 Å². The topological polar surface area (TPSA) is 57.6 Å². The van der Waals surface area contributed by atoms with Crippen LogP contribution in [0.2, 0.25) is 0 Å². The number of hydrogen-bond acceptors (Lipinski definition) is 3. The van der Waals surface area contributed by atoms with Crippen molar-refractivity contribution in [3.63, 3.8) is 0 Å². The number of ketones is 1. The van der Waals surface area contributed by atoms with E-state index in [1.54, 1.807) is 18.7 Å². The Morgan fingerprint density at radius 1 is 1.36 bits per heavy atom. The van der Waals surface area contributed by atoms with E-state index < -0.39 is 17.7 Å². The van der Waals surface area contributed by atoms with Crippen molar-refractivity contribution in [2.24, 2.45) is 5.92 Å². The van der Waals surface area contributed by atoms with Gasteiger partial charge in [-0.05, 0) is 18.9 Å². The highest BCUT2D eigenvalue weighted by molar-refractivity contribution is 6.09. The molecule has 0 bridgehead atoms. The number of aliphatic hydroxyl groups excluding tert-OH is 1. The molecule has 0 saturated carbocycles. The molecule has 1 atom stereocenters. The number of nitrogens with zero attached hydrogens (tertiary/aromatic N) is 1. The number of aryl methyl sites for hydroxylation is 1. The normalized spacial score (nSPS) is 18.5. The highest BCUT2D eigenvalue weighted by atomic mass is 16.3. The molecule has 4 nitrogen and oxygen atoms in total. The zero-order valence-corrected chi connectivity index (χ0v) is 13.6. The third-order valence-corrected chi connectivity index (χ3v) is 3.92. The second-order valence-corrected chi connectivity index (χ2v) is 6.10. The van der Waals surface area contributed by atoms with Gasteiger partial charge in [-0.3, -0.25) is 9.59 Å². The number of Topliss-reactive ketones (excluding diaryl/α,β-unsaturated/α-hetero) is 1. The largest absolute Gasteiger partial charge is 0.503 e. The number of carbonyl (C=O) groups excluding carboxylic acids is 2. The van der Waals surface area contributed by atoms with E-state index in [4.69, 9.17) is 0 Å². The van der Waals surface area contributed by atoms with Crippen molar-refractivity contribution >= 4 is 11.7 Å². The molecule has 0 radical (unpaired) electrons. The fourth-order valence-corrected chi connectivity index (χ4v) is 2.87. The SMILES string of the molecule is CCCN1C(=O)C(O)=C(C(=O)C(C)C)C1c1cccc(C)c1. The summed E-state index contributed by atoms with van der Waals surface area (Å²) < 4.78 is 0. The fourth-order valence-electron chi connectivity index (χ4n) is 2.87. The Balaban J connectivity index is 2.56. The van der Waals surface area contributed by atoms with Gasteiger partial charge in [0.05, 0.1) is 11.6 Å². The molecular formula is C18H23NO3. The van der Waals surface area contributed by atoms with E-state index in [1.807, 2.05) is 38.1 Å². The summed E-state index contributed by atoms with van der Waals surface area (Å²) >= 11 is 0. The molecule has 1 N–H and O–H groups in total. The molecule has 0 fully saturated rings. The van der Waals surface area contributed by atoms with Crippen molar-refractivity contribution < 1.29 is 14.7 Å². The molecule has 1 amide bonds. The van der Waals surface area contributed by atoms with E-state index in [-0.39, 0.29) is 17.3 Å². The van der Waals surface area contributed by atoms with Crippen LogP contribution >= 0.6 is 0 Å². The second kappa shape index (κ2) is 6.34. The lowest BCUT2D eigenvalue weighted by atomic mass is 9.90. The van der Waals surface area contributed by atoms with E-state index >= 15 is 0 Å². The van der Waals surface area contributed by atoms with Gasteiger partial charge in [-0.15, -0.1) is 0 Å².